The summed E-state index contributed by atoms with van der Waals surface area (Å²) >= 11 is 0. The van der Waals surface area contributed by atoms with Crippen molar-refractivity contribution in [1.82, 2.24) is 10.1 Å². The van der Waals surface area contributed by atoms with Gasteiger partial charge in [-0.2, -0.15) is 0 Å². The van der Waals surface area contributed by atoms with Crippen molar-refractivity contribution in [2.75, 3.05) is 13.2 Å². The first-order chi connectivity index (χ1) is 11.3. The van der Waals surface area contributed by atoms with Gasteiger partial charge in [-0.05, 0) is 50.4 Å². The van der Waals surface area contributed by atoms with E-state index in [0.717, 1.165) is 56.2 Å². The van der Waals surface area contributed by atoms with Gasteiger partial charge in [-0.3, -0.25) is 4.90 Å². The second kappa shape index (κ2) is 7.64. The smallest absolute Gasteiger partial charge is 0.154 e. The Hall–Kier alpha value is -1.81. The Labute approximate surface area is 138 Å². The fourth-order valence-electron chi connectivity index (χ4n) is 3.14. The molecule has 0 saturated carbocycles. The number of benzene rings is 1. The van der Waals surface area contributed by atoms with Crippen LogP contribution in [0.25, 0.3) is 0 Å². The Morgan fingerprint density at radius 1 is 1.30 bits per heavy atom. The third kappa shape index (κ3) is 4.14. The van der Waals surface area contributed by atoms with Gasteiger partial charge in [0.1, 0.15) is 5.75 Å². The van der Waals surface area contributed by atoms with Crippen LogP contribution in [0.3, 0.4) is 0 Å². The fraction of sp³-hybridized carbons (Fsp3) is 0.526. The summed E-state index contributed by atoms with van der Waals surface area (Å²) in [7, 11) is 0. The summed E-state index contributed by atoms with van der Waals surface area (Å²) in [5, 5.41) is 4.03. The second-order valence-corrected chi connectivity index (χ2v) is 6.35. The van der Waals surface area contributed by atoms with Crippen LogP contribution in [0.15, 0.2) is 34.9 Å². The third-order valence-corrected chi connectivity index (χ3v) is 4.41. The number of ether oxygens (including phenoxy) is 1. The number of hydrogen-bond acceptors (Lipinski definition) is 4. The lowest BCUT2D eigenvalue weighted by Gasteiger charge is -2.22. The molecule has 1 aromatic carbocycles. The van der Waals surface area contributed by atoms with Gasteiger partial charge in [-0.15, -0.1) is 0 Å². The van der Waals surface area contributed by atoms with Crippen LogP contribution >= 0.6 is 0 Å². The van der Waals surface area contributed by atoms with Gasteiger partial charge in [0.2, 0.25) is 0 Å². The maximum atomic E-state index is 5.73. The van der Waals surface area contributed by atoms with Crippen LogP contribution in [0.1, 0.15) is 55.7 Å². The van der Waals surface area contributed by atoms with Crippen LogP contribution in [-0.2, 0) is 6.54 Å². The molecule has 0 N–H and O–H groups in total. The zero-order valence-electron chi connectivity index (χ0n) is 14.1. The summed E-state index contributed by atoms with van der Waals surface area (Å²) in [5.41, 5.74) is 2.27. The van der Waals surface area contributed by atoms with E-state index in [9.17, 15) is 0 Å². The topological polar surface area (TPSA) is 38.5 Å². The number of unbranched alkanes of at least 4 members (excludes halogenated alkanes) is 1. The largest absolute Gasteiger partial charge is 0.494 e. The van der Waals surface area contributed by atoms with Gasteiger partial charge in [0.05, 0.1) is 18.3 Å². The highest BCUT2D eigenvalue weighted by molar-refractivity contribution is 5.27. The SMILES string of the molecule is CCCCOc1ccc(CN2CCC[C@@H]2c2cc(C)no2)cc1. The van der Waals surface area contributed by atoms with Crippen molar-refractivity contribution in [2.45, 2.75) is 52.1 Å². The molecule has 124 valence electrons. The number of aromatic nitrogens is 1. The zero-order chi connectivity index (χ0) is 16.1. The van der Waals surface area contributed by atoms with E-state index < -0.39 is 0 Å². The van der Waals surface area contributed by atoms with E-state index >= 15 is 0 Å². The number of likely N-dealkylation sites (tertiary alicyclic amines) is 1. The maximum absolute atomic E-state index is 5.73. The molecule has 1 saturated heterocycles. The Bertz CT molecular complexity index is 606. The monoisotopic (exact) mass is 314 g/mol. The van der Waals surface area contributed by atoms with Crippen LogP contribution in [0.4, 0.5) is 0 Å². The van der Waals surface area contributed by atoms with Crippen molar-refractivity contribution in [1.29, 1.82) is 0 Å². The standard InChI is InChI=1S/C19H26N2O2/c1-3-4-12-22-17-9-7-16(8-10-17)14-21-11-5-6-18(21)19-13-15(2)20-23-19/h7-10,13,18H,3-6,11-12,14H2,1-2H3/t18-/m1/s1. The molecule has 4 heteroatoms. The lowest BCUT2D eigenvalue weighted by molar-refractivity contribution is 0.206. The number of hydrogen-bond donors (Lipinski definition) is 0. The van der Waals surface area contributed by atoms with Crippen LogP contribution < -0.4 is 4.74 Å². The number of nitrogens with zero attached hydrogens (tertiary/aromatic N) is 2. The van der Waals surface area contributed by atoms with Gasteiger partial charge in [0, 0.05) is 12.6 Å². The van der Waals surface area contributed by atoms with E-state index in [4.69, 9.17) is 9.26 Å². The lowest BCUT2D eigenvalue weighted by atomic mass is 10.1. The summed E-state index contributed by atoms with van der Waals surface area (Å²) in [5.74, 6) is 1.96. The molecular weight excluding hydrogens is 288 g/mol. The van der Waals surface area contributed by atoms with E-state index in [1.807, 2.05) is 6.92 Å². The quantitative estimate of drug-likeness (QED) is 0.705. The van der Waals surface area contributed by atoms with Gasteiger partial charge in [-0.1, -0.05) is 30.6 Å². The highest BCUT2D eigenvalue weighted by Gasteiger charge is 2.28. The zero-order valence-corrected chi connectivity index (χ0v) is 14.1. The first-order valence-electron chi connectivity index (χ1n) is 8.65. The first kappa shape index (κ1) is 16.1. The molecule has 0 spiro atoms. The average molecular weight is 314 g/mol. The highest BCUT2D eigenvalue weighted by atomic mass is 16.5. The molecule has 1 aliphatic heterocycles. The Balaban J connectivity index is 1.59. The number of aryl methyl sites for hydroxylation is 1. The molecule has 0 radical (unpaired) electrons. The lowest BCUT2D eigenvalue weighted by Crippen LogP contribution is -2.22. The maximum Gasteiger partial charge on any atom is 0.154 e. The third-order valence-electron chi connectivity index (χ3n) is 4.41. The van der Waals surface area contributed by atoms with Gasteiger partial charge in [0.25, 0.3) is 0 Å². The first-order valence-corrected chi connectivity index (χ1v) is 8.65. The molecule has 23 heavy (non-hydrogen) atoms. The molecular formula is C19H26N2O2. The van der Waals surface area contributed by atoms with Crippen LogP contribution in [0.5, 0.6) is 5.75 Å². The molecule has 1 atom stereocenters. The van der Waals surface area contributed by atoms with E-state index in [2.05, 4.69) is 47.3 Å². The molecule has 0 unspecified atom stereocenters. The molecule has 0 aliphatic carbocycles. The molecule has 2 aromatic rings. The summed E-state index contributed by atoms with van der Waals surface area (Å²) in [6.07, 6.45) is 4.62. The normalized spacial score (nSPS) is 18.4. The van der Waals surface area contributed by atoms with E-state index in [-0.39, 0.29) is 0 Å². The van der Waals surface area contributed by atoms with Gasteiger partial charge < -0.3 is 9.26 Å². The van der Waals surface area contributed by atoms with Gasteiger partial charge >= 0.3 is 0 Å². The average Bonchev–Trinajstić information content (AvgIpc) is 3.18. The predicted octanol–water partition coefficient (Wildman–Crippen LogP) is 4.50. The molecule has 4 nitrogen and oxygen atoms in total. The molecule has 1 aromatic heterocycles. The Morgan fingerprint density at radius 2 is 2.13 bits per heavy atom. The minimum absolute atomic E-state index is 0.358. The molecule has 0 amide bonds. The van der Waals surface area contributed by atoms with Crippen molar-refractivity contribution >= 4 is 0 Å². The van der Waals surface area contributed by atoms with Crippen molar-refractivity contribution in [3.05, 3.63) is 47.3 Å². The van der Waals surface area contributed by atoms with E-state index in [1.165, 1.54) is 12.0 Å². The number of rotatable bonds is 7. The molecule has 1 fully saturated rings. The van der Waals surface area contributed by atoms with Crippen LogP contribution in [-0.4, -0.2) is 23.2 Å². The Kier molecular flexibility index (Phi) is 5.34. The molecule has 0 bridgehead atoms. The van der Waals surface area contributed by atoms with Crippen molar-refractivity contribution in [2.24, 2.45) is 0 Å². The second-order valence-electron chi connectivity index (χ2n) is 6.35. The highest BCUT2D eigenvalue weighted by Crippen LogP contribution is 2.33. The molecule has 2 heterocycles. The van der Waals surface area contributed by atoms with Crippen LogP contribution in [0, 0.1) is 6.92 Å². The minimum Gasteiger partial charge on any atom is -0.494 e. The molecule has 1 aliphatic rings. The van der Waals surface area contributed by atoms with Gasteiger partial charge in [0.15, 0.2) is 5.76 Å². The summed E-state index contributed by atoms with van der Waals surface area (Å²) in [4.78, 5) is 2.48. The van der Waals surface area contributed by atoms with E-state index in [1.54, 1.807) is 0 Å². The van der Waals surface area contributed by atoms with Crippen LogP contribution in [0.2, 0.25) is 0 Å². The van der Waals surface area contributed by atoms with Crippen molar-refractivity contribution < 1.29 is 9.26 Å². The summed E-state index contributed by atoms with van der Waals surface area (Å²) in [6, 6.07) is 10.9. The molecule has 3 rings (SSSR count). The minimum atomic E-state index is 0.358. The summed E-state index contributed by atoms with van der Waals surface area (Å²) < 4.78 is 11.2. The van der Waals surface area contributed by atoms with Crippen molar-refractivity contribution in [3.63, 3.8) is 0 Å². The Morgan fingerprint density at radius 3 is 2.83 bits per heavy atom. The van der Waals surface area contributed by atoms with E-state index in [0.29, 0.717) is 6.04 Å². The fourth-order valence-corrected chi connectivity index (χ4v) is 3.14. The summed E-state index contributed by atoms with van der Waals surface area (Å²) in [6.45, 7) is 7.01. The predicted molar refractivity (Wildman–Crippen MR) is 90.5 cm³/mol. The van der Waals surface area contributed by atoms with Crippen molar-refractivity contribution in [3.8, 4) is 5.75 Å². The van der Waals surface area contributed by atoms with Gasteiger partial charge in [-0.25, -0.2) is 0 Å².